The summed E-state index contributed by atoms with van der Waals surface area (Å²) in [5.74, 6) is 1.40. The molecule has 4 rings (SSSR count). The van der Waals surface area contributed by atoms with E-state index in [0.717, 1.165) is 19.6 Å². The molecule has 8 heteroatoms. The van der Waals surface area contributed by atoms with Crippen LogP contribution in [0.4, 0.5) is 0 Å². The van der Waals surface area contributed by atoms with Crippen molar-refractivity contribution in [2.75, 3.05) is 33.4 Å². The lowest BCUT2D eigenvalue weighted by atomic mass is 10.1. The van der Waals surface area contributed by atoms with Crippen molar-refractivity contribution in [2.45, 2.75) is 45.6 Å². The number of carbonyl (C=O) groups is 1. The summed E-state index contributed by atoms with van der Waals surface area (Å²) < 4.78 is 12.8. The van der Waals surface area contributed by atoms with Crippen LogP contribution in [-0.4, -0.2) is 53.7 Å². The molecule has 2 N–H and O–H groups in total. The van der Waals surface area contributed by atoms with Crippen molar-refractivity contribution in [1.29, 1.82) is 0 Å². The Balaban J connectivity index is 1.68. The van der Waals surface area contributed by atoms with Crippen LogP contribution in [-0.2, 0) is 4.79 Å². The summed E-state index contributed by atoms with van der Waals surface area (Å²) in [6.45, 7) is 7.88. The van der Waals surface area contributed by atoms with Crippen LogP contribution in [0.15, 0.2) is 47.3 Å². The zero-order valence-corrected chi connectivity index (χ0v) is 21.4. The fourth-order valence-corrected chi connectivity index (χ4v) is 4.91. The highest BCUT2D eigenvalue weighted by molar-refractivity contribution is 5.84. The Bertz CT molecular complexity index is 1270. The molecule has 0 saturated carbocycles. The van der Waals surface area contributed by atoms with Crippen LogP contribution in [0, 0.1) is 5.92 Å². The van der Waals surface area contributed by atoms with E-state index in [4.69, 9.17) is 20.2 Å². The van der Waals surface area contributed by atoms with Gasteiger partial charge in [-0.3, -0.25) is 14.2 Å². The maximum atomic E-state index is 13.8. The fraction of sp³-hybridized carbons (Fsp3) is 0.464. The van der Waals surface area contributed by atoms with Crippen LogP contribution in [0.25, 0.3) is 22.3 Å². The summed E-state index contributed by atoms with van der Waals surface area (Å²) >= 11 is 0. The third-order valence-electron chi connectivity index (χ3n) is 6.78. The summed E-state index contributed by atoms with van der Waals surface area (Å²) in [6.07, 6.45) is 4.21. The van der Waals surface area contributed by atoms with Crippen molar-refractivity contribution < 1.29 is 14.3 Å². The molecule has 1 fully saturated rings. The lowest BCUT2D eigenvalue weighted by Gasteiger charge is -2.29. The lowest BCUT2D eigenvalue weighted by molar-refractivity contribution is -0.121. The Morgan fingerprint density at radius 1 is 1.11 bits per heavy atom. The predicted octanol–water partition coefficient (Wildman–Crippen LogP) is 4.01. The number of piperidine rings is 1. The number of primary amides is 1. The Morgan fingerprint density at radius 3 is 2.58 bits per heavy atom. The van der Waals surface area contributed by atoms with E-state index in [-0.39, 0.29) is 5.56 Å². The summed E-state index contributed by atoms with van der Waals surface area (Å²) in [5.41, 5.74) is 6.58. The average Bonchev–Trinajstić information content (AvgIpc) is 2.89. The van der Waals surface area contributed by atoms with E-state index in [1.54, 1.807) is 25.3 Å². The van der Waals surface area contributed by atoms with Crippen LogP contribution in [0.5, 0.6) is 11.5 Å². The molecule has 3 aromatic rings. The second kappa shape index (κ2) is 11.6. The molecule has 192 valence electrons. The van der Waals surface area contributed by atoms with Gasteiger partial charge in [0.25, 0.3) is 5.56 Å². The topological polar surface area (TPSA) is 99.7 Å². The molecule has 0 radical (unpaired) electrons. The number of methoxy groups -OCH3 is 1. The van der Waals surface area contributed by atoms with Gasteiger partial charge in [-0.05, 0) is 62.7 Å². The molecule has 2 unspecified atom stereocenters. The van der Waals surface area contributed by atoms with E-state index >= 15 is 0 Å². The van der Waals surface area contributed by atoms with E-state index in [0.29, 0.717) is 52.7 Å². The van der Waals surface area contributed by atoms with Gasteiger partial charge in [-0.15, -0.1) is 0 Å². The smallest absolute Gasteiger partial charge is 0.262 e. The minimum absolute atomic E-state index is 0.324. The second-order valence-corrected chi connectivity index (χ2v) is 9.63. The zero-order chi connectivity index (χ0) is 25.7. The molecule has 2 atom stereocenters. The molecule has 0 spiro atoms. The first kappa shape index (κ1) is 25.7. The first-order valence-electron chi connectivity index (χ1n) is 12.8. The number of hydrogen-bond donors (Lipinski definition) is 1. The highest BCUT2D eigenvalue weighted by Crippen LogP contribution is 2.27. The average molecular weight is 493 g/mol. The number of amides is 1. The largest absolute Gasteiger partial charge is 0.497 e. The van der Waals surface area contributed by atoms with Gasteiger partial charge < -0.3 is 20.1 Å². The molecule has 1 aliphatic rings. The number of nitrogens with zero attached hydrogens (tertiary/aromatic N) is 3. The second-order valence-electron chi connectivity index (χ2n) is 9.63. The molecule has 36 heavy (non-hydrogen) atoms. The molecular formula is C28H36N4O4. The van der Waals surface area contributed by atoms with Crippen molar-refractivity contribution >= 4 is 16.8 Å². The summed E-state index contributed by atoms with van der Waals surface area (Å²) in [7, 11) is 1.58. The van der Waals surface area contributed by atoms with Crippen LogP contribution < -0.4 is 20.8 Å². The third kappa shape index (κ3) is 5.70. The van der Waals surface area contributed by atoms with Gasteiger partial charge in [0.1, 0.15) is 23.4 Å². The molecule has 8 nitrogen and oxygen atoms in total. The van der Waals surface area contributed by atoms with Gasteiger partial charge in [0.2, 0.25) is 5.91 Å². The Labute approximate surface area is 212 Å². The Hall–Kier alpha value is -3.39. The number of rotatable bonds is 10. The van der Waals surface area contributed by atoms with Gasteiger partial charge in [0.15, 0.2) is 0 Å². The van der Waals surface area contributed by atoms with E-state index in [2.05, 4.69) is 11.8 Å². The summed E-state index contributed by atoms with van der Waals surface area (Å²) in [5, 5.41) is 0.391. The van der Waals surface area contributed by atoms with Crippen molar-refractivity contribution in [1.82, 2.24) is 14.5 Å². The van der Waals surface area contributed by atoms with Crippen LogP contribution >= 0.6 is 0 Å². The van der Waals surface area contributed by atoms with Crippen LogP contribution in [0.1, 0.15) is 45.6 Å². The number of benzene rings is 2. The minimum Gasteiger partial charge on any atom is -0.497 e. The van der Waals surface area contributed by atoms with Crippen molar-refractivity contribution in [3.05, 3.63) is 52.8 Å². The first-order chi connectivity index (χ1) is 17.4. The van der Waals surface area contributed by atoms with Crippen molar-refractivity contribution in [3.8, 4) is 22.9 Å². The SMILES string of the molecule is CCC(C(N)=O)n1c(-c2cccc(OC)c2)nc2ccc(OCC(C)CN3CCCCC3)cc2c1=O. The molecule has 1 aromatic heterocycles. The molecule has 0 aliphatic carbocycles. The number of hydrogen-bond acceptors (Lipinski definition) is 6. The minimum atomic E-state index is -0.829. The standard InChI is InChI=1S/C28H36N4O4/c1-4-25(26(29)33)32-27(20-9-8-10-21(15-20)35-3)30-24-12-11-22(16-23(24)28(32)34)36-18-19(2)17-31-13-6-5-7-14-31/h8-12,15-16,19,25H,4-7,13-14,17-18H2,1-3H3,(H2,29,33). The molecule has 1 amide bonds. The van der Waals surface area contributed by atoms with Gasteiger partial charge in [0, 0.05) is 18.0 Å². The van der Waals surface area contributed by atoms with E-state index < -0.39 is 11.9 Å². The number of nitrogens with two attached hydrogens (primary N) is 1. The molecule has 0 bridgehead atoms. The molecule has 1 aliphatic heterocycles. The van der Waals surface area contributed by atoms with Gasteiger partial charge in [0.05, 0.1) is 24.6 Å². The van der Waals surface area contributed by atoms with Gasteiger partial charge in [-0.1, -0.05) is 32.4 Å². The maximum absolute atomic E-state index is 13.8. The molecular weight excluding hydrogens is 456 g/mol. The van der Waals surface area contributed by atoms with Crippen LogP contribution in [0.3, 0.4) is 0 Å². The third-order valence-corrected chi connectivity index (χ3v) is 6.78. The summed E-state index contributed by atoms with van der Waals surface area (Å²) in [4.78, 5) is 33.4. The van der Waals surface area contributed by atoms with Crippen molar-refractivity contribution in [3.63, 3.8) is 0 Å². The van der Waals surface area contributed by atoms with Crippen molar-refractivity contribution in [2.24, 2.45) is 11.7 Å². The maximum Gasteiger partial charge on any atom is 0.262 e. The number of carbonyl (C=O) groups excluding carboxylic acids is 1. The molecule has 2 heterocycles. The van der Waals surface area contributed by atoms with Gasteiger partial charge >= 0.3 is 0 Å². The molecule has 1 saturated heterocycles. The number of likely N-dealkylation sites (tertiary alicyclic amines) is 1. The van der Waals surface area contributed by atoms with E-state index in [1.807, 2.05) is 31.2 Å². The van der Waals surface area contributed by atoms with E-state index in [1.165, 1.54) is 23.8 Å². The van der Waals surface area contributed by atoms with Gasteiger partial charge in [-0.25, -0.2) is 4.98 Å². The quantitative estimate of drug-likeness (QED) is 0.459. The lowest BCUT2D eigenvalue weighted by Crippen LogP contribution is -2.35. The highest BCUT2D eigenvalue weighted by atomic mass is 16.5. The monoisotopic (exact) mass is 492 g/mol. The predicted molar refractivity (Wildman–Crippen MR) is 141 cm³/mol. The molecule has 2 aromatic carbocycles. The highest BCUT2D eigenvalue weighted by Gasteiger charge is 2.24. The van der Waals surface area contributed by atoms with E-state index in [9.17, 15) is 9.59 Å². The normalized spacial score (nSPS) is 16.0. The van der Waals surface area contributed by atoms with Gasteiger partial charge in [-0.2, -0.15) is 0 Å². The van der Waals surface area contributed by atoms with Crippen LogP contribution in [0.2, 0.25) is 0 Å². The Morgan fingerprint density at radius 2 is 1.89 bits per heavy atom. The number of ether oxygens (including phenoxy) is 2. The first-order valence-corrected chi connectivity index (χ1v) is 12.8. The number of aromatic nitrogens is 2. The zero-order valence-electron chi connectivity index (χ0n) is 21.4. The number of fused-ring (bicyclic) bond motifs is 1. The Kier molecular flexibility index (Phi) is 8.25. The fourth-order valence-electron chi connectivity index (χ4n) is 4.91. The summed E-state index contributed by atoms with van der Waals surface area (Å²) in [6, 6.07) is 11.8.